The highest BCUT2D eigenvalue weighted by Gasteiger charge is 2.16. The van der Waals surface area contributed by atoms with Gasteiger partial charge in [0.1, 0.15) is 11.5 Å². The molecule has 0 aliphatic heterocycles. The van der Waals surface area contributed by atoms with Gasteiger partial charge in [0.25, 0.3) is 5.56 Å². The Hall–Kier alpha value is -2.68. The molecule has 0 saturated carbocycles. The fourth-order valence-electron chi connectivity index (χ4n) is 1.66. The van der Waals surface area contributed by atoms with Crippen LogP contribution in [0.1, 0.15) is 15.2 Å². The number of amides is 1. The van der Waals surface area contributed by atoms with E-state index in [1.54, 1.807) is 6.92 Å². The highest BCUT2D eigenvalue weighted by atomic mass is 32.1. The van der Waals surface area contributed by atoms with Crippen molar-refractivity contribution >= 4 is 28.2 Å². The van der Waals surface area contributed by atoms with Gasteiger partial charge in [-0.25, -0.2) is 9.59 Å². The maximum Gasteiger partial charge on any atom is 0.338 e. The largest absolute Gasteiger partial charge is 0.478 e. The monoisotopic (exact) mass is 309 g/mol. The number of aromatic amines is 1. The molecule has 0 radical (unpaired) electrons. The first kappa shape index (κ1) is 14.7. The minimum Gasteiger partial charge on any atom is -0.478 e. The fourth-order valence-corrected chi connectivity index (χ4v) is 2.58. The molecule has 1 amide bonds. The standard InChI is InChI=1S/C12H11N3O5S/c1-6-4-7(11(18)19)10(21-6)13-9(17)5-15-3-2-8(16)14-12(15)20/h2-4H,5H2,1H3,(H,13,17)(H,18,19)(H,14,16,20). The van der Waals surface area contributed by atoms with E-state index in [1.807, 2.05) is 4.98 Å². The minimum atomic E-state index is -1.14. The second-order valence-electron chi connectivity index (χ2n) is 4.19. The number of nitrogens with zero attached hydrogens (tertiary/aromatic N) is 1. The number of carbonyl (C=O) groups is 2. The van der Waals surface area contributed by atoms with Crippen molar-refractivity contribution in [3.05, 3.63) is 49.6 Å². The minimum absolute atomic E-state index is 0.000310. The van der Waals surface area contributed by atoms with E-state index < -0.39 is 23.1 Å². The van der Waals surface area contributed by atoms with Crippen LogP contribution < -0.4 is 16.6 Å². The summed E-state index contributed by atoms with van der Waals surface area (Å²) in [6, 6.07) is 2.57. The van der Waals surface area contributed by atoms with Gasteiger partial charge in [-0.2, -0.15) is 0 Å². The average Bonchev–Trinajstić information content (AvgIpc) is 2.74. The van der Waals surface area contributed by atoms with Gasteiger partial charge in [0.05, 0.1) is 5.56 Å². The number of aryl methyl sites for hydroxylation is 1. The zero-order valence-corrected chi connectivity index (χ0v) is 11.7. The Morgan fingerprint density at radius 1 is 1.43 bits per heavy atom. The van der Waals surface area contributed by atoms with Crippen molar-refractivity contribution < 1.29 is 14.7 Å². The molecule has 0 aromatic carbocycles. The van der Waals surface area contributed by atoms with E-state index in [0.29, 0.717) is 0 Å². The van der Waals surface area contributed by atoms with Crippen LogP contribution in [0.15, 0.2) is 27.9 Å². The molecule has 21 heavy (non-hydrogen) atoms. The Kier molecular flexibility index (Phi) is 4.03. The van der Waals surface area contributed by atoms with Crippen LogP contribution in [0.4, 0.5) is 5.00 Å². The SMILES string of the molecule is Cc1cc(C(=O)O)c(NC(=O)Cn2ccc(=O)[nH]c2=O)s1. The van der Waals surface area contributed by atoms with E-state index in [2.05, 4.69) is 5.32 Å². The lowest BCUT2D eigenvalue weighted by molar-refractivity contribution is -0.116. The topological polar surface area (TPSA) is 121 Å². The van der Waals surface area contributed by atoms with Gasteiger partial charge in [-0.3, -0.25) is 19.1 Å². The predicted octanol–water partition coefficient (Wildman–Crippen LogP) is 0.243. The Labute approximate surface area is 121 Å². The molecule has 0 fully saturated rings. The third-order valence-corrected chi connectivity index (χ3v) is 3.52. The van der Waals surface area contributed by atoms with Crippen LogP contribution >= 0.6 is 11.3 Å². The second-order valence-corrected chi connectivity index (χ2v) is 5.45. The molecular formula is C12H11N3O5S. The number of rotatable bonds is 4. The average molecular weight is 309 g/mol. The number of anilines is 1. The molecule has 0 atom stereocenters. The van der Waals surface area contributed by atoms with Gasteiger partial charge in [-0.15, -0.1) is 11.3 Å². The number of H-pyrrole nitrogens is 1. The summed E-state index contributed by atoms with van der Waals surface area (Å²) in [6.45, 7) is 1.39. The molecule has 2 aromatic heterocycles. The number of aromatic carboxylic acids is 1. The van der Waals surface area contributed by atoms with Crippen molar-refractivity contribution in [3.63, 3.8) is 0 Å². The summed E-state index contributed by atoms with van der Waals surface area (Å²) in [5.74, 6) is -1.70. The van der Waals surface area contributed by atoms with Crippen molar-refractivity contribution in [1.82, 2.24) is 9.55 Å². The number of nitrogens with one attached hydrogen (secondary N) is 2. The van der Waals surface area contributed by atoms with Gasteiger partial charge in [0.15, 0.2) is 0 Å². The van der Waals surface area contributed by atoms with E-state index in [-0.39, 0.29) is 17.1 Å². The van der Waals surface area contributed by atoms with Crippen LogP contribution in [-0.2, 0) is 11.3 Å². The van der Waals surface area contributed by atoms with Gasteiger partial charge >= 0.3 is 11.7 Å². The maximum absolute atomic E-state index is 11.9. The number of thiophene rings is 1. The first-order valence-electron chi connectivity index (χ1n) is 5.80. The van der Waals surface area contributed by atoms with Gasteiger partial charge < -0.3 is 10.4 Å². The van der Waals surface area contributed by atoms with Crippen LogP contribution in [-0.4, -0.2) is 26.5 Å². The quantitative estimate of drug-likeness (QED) is 0.747. The van der Waals surface area contributed by atoms with E-state index in [1.165, 1.54) is 12.3 Å². The molecule has 0 spiro atoms. The van der Waals surface area contributed by atoms with Crippen molar-refractivity contribution in [1.29, 1.82) is 0 Å². The molecule has 2 heterocycles. The van der Waals surface area contributed by atoms with Crippen LogP contribution in [0.5, 0.6) is 0 Å². The molecule has 110 valence electrons. The molecule has 3 N–H and O–H groups in total. The molecule has 0 unspecified atom stereocenters. The van der Waals surface area contributed by atoms with Gasteiger partial charge in [0, 0.05) is 17.1 Å². The lowest BCUT2D eigenvalue weighted by Crippen LogP contribution is -2.32. The molecule has 2 aromatic rings. The highest BCUT2D eigenvalue weighted by Crippen LogP contribution is 2.27. The van der Waals surface area contributed by atoms with Crippen LogP contribution in [0.3, 0.4) is 0 Å². The number of aromatic nitrogens is 2. The zero-order valence-electron chi connectivity index (χ0n) is 10.9. The Morgan fingerprint density at radius 2 is 2.14 bits per heavy atom. The van der Waals surface area contributed by atoms with Crippen LogP contribution in [0.25, 0.3) is 0 Å². The summed E-state index contributed by atoms with van der Waals surface area (Å²) in [6.07, 6.45) is 1.19. The lowest BCUT2D eigenvalue weighted by atomic mass is 10.3. The summed E-state index contributed by atoms with van der Waals surface area (Å²) < 4.78 is 1.01. The van der Waals surface area contributed by atoms with Crippen molar-refractivity contribution in [2.24, 2.45) is 0 Å². The summed E-state index contributed by atoms with van der Waals surface area (Å²) in [5.41, 5.74) is -1.27. The van der Waals surface area contributed by atoms with E-state index in [4.69, 9.17) is 5.11 Å². The van der Waals surface area contributed by atoms with Crippen molar-refractivity contribution in [3.8, 4) is 0 Å². The summed E-state index contributed by atoms with van der Waals surface area (Å²) in [5, 5.41) is 11.7. The molecule has 0 saturated heterocycles. The van der Waals surface area contributed by atoms with Crippen LogP contribution in [0.2, 0.25) is 0 Å². The number of hydrogen-bond donors (Lipinski definition) is 3. The molecule has 0 bridgehead atoms. The maximum atomic E-state index is 11.9. The molecule has 0 aliphatic carbocycles. The summed E-state index contributed by atoms with van der Waals surface area (Å²) in [7, 11) is 0. The van der Waals surface area contributed by atoms with Gasteiger partial charge in [0.2, 0.25) is 5.91 Å². The normalized spacial score (nSPS) is 10.3. The molecular weight excluding hydrogens is 298 g/mol. The first-order chi connectivity index (χ1) is 9.86. The zero-order chi connectivity index (χ0) is 15.6. The fraction of sp³-hybridized carbons (Fsp3) is 0.167. The van der Waals surface area contributed by atoms with Gasteiger partial charge in [-0.1, -0.05) is 0 Å². The first-order valence-corrected chi connectivity index (χ1v) is 6.62. The number of carboxylic acid groups (broad SMARTS) is 1. The number of hydrogen-bond acceptors (Lipinski definition) is 5. The molecule has 0 aliphatic rings. The van der Waals surface area contributed by atoms with Gasteiger partial charge in [-0.05, 0) is 13.0 Å². The predicted molar refractivity (Wildman–Crippen MR) is 76.0 cm³/mol. The molecule has 9 heteroatoms. The lowest BCUT2D eigenvalue weighted by Gasteiger charge is -2.06. The smallest absolute Gasteiger partial charge is 0.338 e. The van der Waals surface area contributed by atoms with E-state index >= 15 is 0 Å². The Bertz CT molecular complexity index is 817. The summed E-state index contributed by atoms with van der Waals surface area (Å²) in [4.78, 5) is 48.0. The Morgan fingerprint density at radius 3 is 2.76 bits per heavy atom. The van der Waals surface area contributed by atoms with Crippen LogP contribution in [0, 0.1) is 6.92 Å². The molecule has 2 rings (SSSR count). The van der Waals surface area contributed by atoms with Crippen molar-refractivity contribution in [2.75, 3.05) is 5.32 Å². The highest BCUT2D eigenvalue weighted by molar-refractivity contribution is 7.16. The third-order valence-electron chi connectivity index (χ3n) is 2.55. The summed E-state index contributed by atoms with van der Waals surface area (Å²) >= 11 is 1.13. The second kappa shape index (κ2) is 5.75. The number of carboxylic acids is 1. The Balaban J connectivity index is 2.17. The molecule has 8 nitrogen and oxygen atoms in total. The number of carbonyl (C=O) groups excluding carboxylic acids is 1. The third kappa shape index (κ3) is 3.45. The van der Waals surface area contributed by atoms with E-state index in [0.717, 1.165) is 26.8 Å². The van der Waals surface area contributed by atoms with E-state index in [9.17, 15) is 19.2 Å². The van der Waals surface area contributed by atoms with Crippen molar-refractivity contribution in [2.45, 2.75) is 13.5 Å².